The third-order valence-corrected chi connectivity index (χ3v) is 9.28. The molecule has 0 spiro atoms. The Hall–Kier alpha value is -0.920. The molecule has 1 heterocycles. The van der Waals surface area contributed by atoms with Crippen LogP contribution in [0.5, 0.6) is 0 Å². The van der Waals surface area contributed by atoms with Crippen molar-refractivity contribution in [2.75, 3.05) is 18.1 Å². The van der Waals surface area contributed by atoms with Gasteiger partial charge < -0.3 is 0 Å². The van der Waals surface area contributed by atoms with Gasteiger partial charge in [-0.05, 0) is 42.9 Å². The van der Waals surface area contributed by atoms with Crippen molar-refractivity contribution in [3.05, 3.63) is 29.8 Å². The zero-order valence-corrected chi connectivity index (χ0v) is 16.4. The Bertz CT molecular complexity index is 794. The van der Waals surface area contributed by atoms with E-state index in [2.05, 4.69) is 0 Å². The van der Waals surface area contributed by atoms with Crippen molar-refractivity contribution >= 4 is 19.9 Å². The van der Waals surface area contributed by atoms with E-state index >= 15 is 0 Å². The predicted molar refractivity (Wildman–Crippen MR) is 98.9 cm³/mol. The number of nitrogens with zero attached hydrogens (tertiary/aromatic N) is 1. The molecule has 2 aliphatic rings. The Morgan fingerprint density at radius 2 is 1.68 bits per heavy atom. The molecule has 5 nitrogen and oxygen atoms in total. The summed E-state index contributed by atoms with van der Waals surface area (Å²) >= 11 is 0. The summed E-state index contributed by atoms with van der Waals surface area (Å²) in [5.41, 5.74) is 1.21. The van der Waals surface area contributed by atoms with Gasteiger partial charge in [-0.25, -0.2) is 16.8 Å². The third kappa shape index (κ3) is 4.09. The molecule has 1 atom stereocenters. The molecule has 1 aliphatic carbocycles. The molecule has 3 rings (SSSR count). The minimum absolute atomic E-state index is 0.0692. The highest BCUT2D eigenvalue weighted by molar-refractivity contribution is 7.92. The van der Waals surface area contributed by atoms with Gasteiger partial charge in [0.15, 0.2) is 9.84 Å². The first-order valence-electron chi connectivity index (χ1n) is 9.16. The van der Waals surface area contributed by atoms with Gasteiger partial charge in [0.1, 0.15) is 0 Å². The van der Waals surface area contributed by atoms with E-state index in [1.807, 2.05) is 12.1 Å². The Labute approximate surface area is 151 Å². The Kier molecular flexibility index (Phi) is 5.56. The van der Waals surface area contributed by atoms with Crippen molar-refractivity contribution < 1.29 is 16.8 Å². The fraction of sp³-hybridized carbons (Fsp3) is 0.667. The lowest BCUT2D eigenvalue weighted by molar-refractivity contribution is 0.354. The molecule has 0 amide bonds. The average molecular weight is 386 g/mol. The van der Waals surface area contributed by atoms with Crippen molar-refractivity contribution in [2.45, 2.75) is 62.3 Å². The van der Waals surface area contributed by atoms with E-state index in [0.717, 1.165) is 0 Å². The molecular weight excluding hydrogens is 358 g/mol. The molecule has 1 aliphatic heterocycles. The molecular formula is C18H27NO4S2. The highest BCUT2D eigenvalue weighted by Crippen LogP contribution is 2.33. The van der Waals surface area contributed by atoms with Crippen LogP contribution in [-0.4, -0.2) is 45.2 Å². The van der Waals surface area contributed by atoms with Gasteiger partial charge in [-0.15, -0.1) is 0 Å². The third-order valence-electron chi connectivity index (χ3n) is 5.49. The monoisotopic (exact) mass is 385 g/mol. The van der Waals surface area contributed by atoms with Crippen LogP contribution in [-0.2, 0) is 19.9 Å². The van der Waals surface area contributed by atoms with E-state index in [1.165, 1.54) is 42.0 Å². The van der Waals surface area contributed by atoms with Gasteiger partial charge in [-0.3, -0.25) is 0 Å². The summed E-state index contributed by atoms with van der Waals surface area (Å²) < 4.78 is 50.8. The summed E-state index contributed by atoms with van der Waals surface area (Å²) in [7, 11) is -6.78. The second-order valence-corrected chi connectivity index (χ2v) is 11.3. The predicted octanol–water partition coefficient (Wildman–Crippen LogP) is 2.93. The summed E-state index contributed by atoms with van der Waals surface area (Å²) in [4.78, 5) is 0.262. The SMILES string of the molecule is CCN(C1CCS(=O)(=O)C1)S(=O)(=O)c1ccc(C2CCCCC2)cc1. The molecule has 0 radical (unpaired) electrons. The van der Waals surface area contributed by atoms with Crippen molar-refractivity contribution in [3.63, 3.8) is 0 Å². The molecule has 2 fully saturated rings. The topological polar surface area (TPSA) is 71.5 Å². The van der Waals surface area contributed by atoms with Crippen LogP contribution in [0.3, 0.4) is 0 Å². The van der Waals surface area contributed by atoms with Crippen LogP contribution in [0.4, 0.5) is 0 Å². The van der Waals surface area contributed by atoms with Crippen molar-refractivity contribution in [1.82, 2.24) is 4.31 Å². The maximum atomic E-state index is 13.0. The van der Waals surface area contributed by atoms with Crippen molar-refractivity contribution in [3.8, 4) is 0 Å². The van der Waals surface area contributed by atoms with Gasteiger partial charge >= 0.3 is 0 Å². The largest absolute Gasteiger partial charge is 0.243 e. The molecule has 0 N–H and O–H groups in total. The minimum atomic E-state index is -3.66. The fourth-order valence-corrected chi connectivity index (χ4v) is 7.60. The molecule has 25 heavy (non-hydrogen) atoms. The summed E-state index contributed by atoms with van der Waals surface area (Å²) in [5, 5.41) is 0. The van der Waals surface area contributed by atoms with E-state index in [0.29, 0.717) is 12.3 Å². The minimum Gasteiger partial charge on any atom is -0.229 e. The number of hydrogen-bond acceptors (Lipinski definition) is 4. The summed E-state index contributed by atoms with van der Waals surface area (Å²) in [6, 6.07) is 6.79. The summed E-state index contributed by atoms with van der Waals surface area (Å²) in [5.74, 6) is 0.539. The Morgan fingerprint density at radius 1 is 1.04 bits per heavy atom. The van der Waals surface area contributed by atoms with Crippen LogP contribution >= 0.6 is 0 Å². The van der Waals surface area contributed by atoms with Crippen molar-refractivity contribution in [1.29, 1.82) is 0 Å². The lowest BCUT2D eigenvalue weighted by atomic mass is 9.84. The van der Waals surface area contributed by atoms with Gasteiger partial charge in [0.2, 0.25) is 10.0 Å². The first kappa shape index (κ1) is 18.9. The van der Waals surface area contributed by atoms with E-state index in [1.54, 1.807) is 19.1 Å². The van der Waals surface area contributed by atoms with E-state index in [-0.39, 0.29) is 22.9 Å². The highest BCUT2D eigenvalue weighted by atomic mass is 32.2. The average Bonchev–Trinajstić information content (AvgIpc) is 2.96. The number of sulfonamides is 1. The molecule has 1 aromatic carbocycles. The number of benzene rings is 1. The molecule has 1 unspecified atom stereocenters. The Balaban J connectivity index is 1.81. The maximum absolute atomic E-state index is 13.0. The first-order chi connectivity index (χ1) is 11.8. The Morgan fingerprint density at radius 3 is 2.20 bits per heavy atom. The molecule has 0 bridgehead atoms. The van der Waals surface area contributed by atoms with Gasteiger partial charge in [0.05, 0.1) is 16.4 Å². The van der Waals surface area contributed by atoms with Crippen LogP contribution in [0.2, 0.25) is 0 Å². The van der Waals surface area contributed by atoms with Crippen LogP contribution in [0, 0.1) is 0 Å². The first-order valence-corrected chi connectivity index (χ1v) is 12.4. The van der Waals surface area contributed by atoms with Gasteiger partial charge in [-0.2, -0.15) is 4.31 Å². The lowest BCUT2D eigenvalue weighted by Gasteiger charge is -2.26. The van der Waals surface area contributed by atoms with Gasteiger partial charge in [0.25, 0.3) is 0 Å². The van der Waals surface area contributed by atoms with Crippen LogP contribution in [0.25, 0.3) is 0 Å². The number of rotatable bonds is 5. The second kappa shape index (κ2) is 7.37. The van der Waals surface area contributed by atoms with E-state index in [9.17, 15) is 16.8 Å². The smallest absolute Gasteiger partial charge is 0.229 e. The normalized spacial score (nSPS) is 24.6. The second-order valence-electron chi connectivity index (χ2n) is 7.17. The van der Waals surface area contributed by atoms with Crippen molar-refractivity contribution in [2.24, 2.45) is 0 Å². The number of sulfone groups is 1. The van der Waals surface area contributed by atoms with E-state index < -0.39 is 25.9 Å². The zero-order valence-electron chi connectivity index (χ0n) is 14.7. The van der Waals surface area contributed by atoms with E-state index in [4.69, 9.17) is 0 Å². The number of hydrogen-bond donors (Lipinski definition) is 0. The fourth-order valence-electron chi connectivity index (χ4n) is 4.11. The molecule has 1 saturated heterocycles. The van der Waals surface area contributed by atoms with Crippen LogP contribution in [0.15, 0.2) is 29.2 Å². The van der Waals surface area contributed by atoms with Gasteiger partial charge in [0, 0.05) is 12.6 Å². The molecule has 1 aromatic rings. The molecule has 7 heteroatoms. The summed E-state index contributed by atoms with van der Waals surface area (Å²) in [6.45, 7) is 2.05. The van der Waals surface area contributed by atoms with Crippen LogP contribution < -0.4 is 0 Å². The highest BCUT2D eigenvalue weighted by Gasteiger charge is 2.37. The summed E-state index contributed by atoms with van der Waals surface area (Å²) in [6.07, 6.45) is 6.50. The zero-order chi connectivity index (χ0) is 18.1. The molecule has 1 saturated carbocycles. The van der Waals surface area contributed by atoms with Gasteiger partial charge in [-0.1, -0.05) is 38.3 Å². The maximum Gasteiger partial charge on any atom is 0.243 e. The lowest BCUT2D eigenvalue weighted by Crippen LogP contribution is -2.40. The van der Waals surface area contributed by atoms with Crippen LogP contribution in [0.1, 0.15) is 56.9 Å². The standard InChI is InChI=1S/C18H27NO4S2/c1-2-19(17-12-13-24(20,21)14-17)25(22,23)18-10-8-16(9-11-18)15-6-4-3-5-7-15/h8-11,15,17H,2-7,12-14H2,1H3. The quantitative estimate of drug-likeness (QED) is 0.781. The molecule has 0 aromatic heterocycles. The molecule has 140 valence electrons.